The van der Waals surface area contributed by atoms with Crippen LogP contribution in [0.3, 0.4) is 0 Å². The summed E-state index contributed by atoms with van der Waals surface area (Å²) < 4.78 is 39.2. The van der Waals surface area contributed by atoms with Gasteiger partial charge in [-0.2, -0.15) is 13.2 Å². The SMILES string of the molecule is CNc1cc(Sc2nnnn2C)nc(C(F)(F)F)n1. The van der Waals surface area contributed by atoms with Crippen molar-refractivity contribution in [2.24, 2.45) is 7.05 Å². The minimum atomic E-state index is -4.61. The molecular weight excluding hydrogens is 283 g/mol. The number of alkyl halides is 3. The molecule has 19 heavy (non-hydrogen) atoms. The Morgan fingerprint density at radius 3 is 2.58 bits per heavy atom. The predicted octanol–water partition coefficient (Wildman–Crippen LogP) is 1.21. The molecule has 0 aromatic carbocycles. The van der Waals surface area contributed by atoms with E-state index >= 15 is 0 Å². The second-order valence-corrected chi connectivity index (χ2v) is 4.34. The Morgan fingerprint density at radius 2 is 2.05 bits per heavy atom. The van der Waals surface area contributed by atoms with Crippen molar-refractivity contribution in [1.29, 1.82) is 0 Å². The van der Waals surface area contributed by atoms with Gasteiger partial charge in [-0.25, -0.2) is 14.6 Å². The zero-order chi connectivity index (χ0) is 14.0. The van der Waals surface area contributed by atoms with E-state index in [-0.39, 0.29) is 10.8 Å². The molecule has 0 atom stereocenters. The molecule has 11 heteroatoms. The molecule has 0 amide bonds. The summed E-state index contributed by atoms with van der Waals surface area (Å²) in [6.45, 7) is 0. The highest BCUT2D eigenvalue weighted by Gasteiger charge is 2.35. The predicted molar refractivity (Wildman–Crippen MR) is 59.5 cm³/mol. The first-order valence-electron chi connectivity index (χ1n) is 4.94. The van der Waals surface area contributed by atoms with Crippen LogP contribution in [0.5, 0.6) is 0 Å². The van der Waals surface area contributed by atoms with Gasteiger partial charge in [0, 0.05) is 20.2 Å². The molecule has 0 saturated carbocycles. The Balaban J connectivity index is 2.37. The van der Waals surface area contributed by atoms with Gasteiger partial charge in [0.05, 0.1) is 0 Å². The summed E-state index contributed by atoms with van der Waals surface area (Å²) in [6.07, 6.45) is -4.61. The van der Waals surface area contributed by atoms with Crippen LogP contribution < -0.4 is 5.32 Å². The number of aromatic nitrogens is 6. The molecule has 0 bridgehead atoms. The van der Waals surface area contributed by atoms with E-state index in [1.165, 1.54) is 17.8 Å². The van der Waals surface area contributed by atoms with Crippen molar-refractivity contribution in [2.75, 3.05) is 12.4 Å². The third-order valence-electron chi connectivity index (χ3n) is 1.99. The number of anilines is 1. The molecule has 0 fully saturated rings. The molecule has 7 nitrogen and oxygen atoms in total. The van der Waals surface area contributed by atoms with Crippen molar-refractivity contribution in [1.82, 2.24) is 30.2 Å². The van der Waals surface area contributed by atoms with Crippen LogP contribution in [0.4, 0.5) is 19.0 Å². The lowest BCUT2D eigenvalue weighted by atomic mass is 10.5. The Bertz CT molecular complexity index is 582. The molecule has 2 rings (SSSR count). The topological polar surface area (TPSA) is 81.4 Å². The number of hydrogen-bond acceptors (Lipinski definition) is 7. The van der Waals surface area contributed by atoms with Gasteiger partial charge in [-0.15, -0.1) is 5.10 Å². The summed E-state index contributed by atoms with van der Waals surface area (Å²) in [6, 6.07) is 1.38. The van der Waals surface area contributed by atoms with Crippen LogP contribution in [0.2, 0.25) is 0 Å². The van der Waals surface area contributed by atoms with E-state index in [4.69, 9.17) is 0 Å². The van der Waals surface area contributed by atoms with E-state index < -0.39 is 12.0 Å². The van der Waals surface area contributed by atoms with Crippen molar-refractivity contribution in [3.05, 3.63) is 11.9 Å². The number of rotatable bonds is 3. The van der Waals surface area contributed by atoms with Crippen LogP contribution in [0, 0.1) is 0 Å². The van der Waals surface area contributed by atoms with E-state index in [1.54, 1.807) is 7.05 Å². The fraction of sp³-hybridized carbons (Fsp3) is 0.375. The van der Waals surface area contributed by atoms with Gasteiger partial charge < -0.3 is 5.32 Å². The summed E-state index contributed by atoms with van der Waals surface area (Å²) in [4.78, 5) is 6.80. The van der Waals surface area contributed by atoms with Gasteiger partial charge in [0.1, 0.15) is 10.8 Å². The highest BCUT2D eigenvalue weighted by atomic mass is 32.2. The number of halogens is 3. The highest BCUT2D eigenvalue weighted by molar-refractivity contribution is 7.99. The summed E-state index contributed by atoms with van der Waals surface area (Å²) in [7, 11) is 3.05. The molecule has 0 aliphatic rings. The zero-order valence-corrected chi connectivity index (χ0v) is 10.6. The molecule has 0 aliphatic heterocycles. The fourth-order valence-electron chi connectivity index (χ4n) is 1.13. The molecule has 1 N–H and O–H groups in total. The highest BCUT2D eigenvalue weighted by Crippen LogP contribution is 2.31. The minimum absolute atomic E-state index is 0.0694. The van der Waals surface area contributed by atoms with E-state index in [1.807, 2.05) is 0 Å². The average Bonchev–Trinajstić information content (AvgIpc) is 2.73. The Kier molecular flexibility index (Phi) is 3.55. The summed E-state index contributed by atoms with van der Waals surface area (Å²) in [5.74, 6) is -1.14. The van der Waals surface area contributed by atoms with Crippen molar-refractivity contribution < 1.29 is 13.2 Å². The van der Waals surface area contributed by atoms with Crippen LogP contribution in [0.15, 0.2) is 16.2 Å². The Morgan fingerprint density at radius 1 is 1.32 bits per heavy atom. The lowest BCUT2D eigenvalue weighted by Crippen LogP contribution is -2.13. The number of nitrogens with one attached hydrogen (secondary N) is 1. The van der Waals surface area contributed by atoms with Crippen LogP contribution >= 0.6 is 11.8 Å². The average molecular weight is 291 g/mol. The first kappa shape index (κ1) is 13.5. The van der Waals surface area contributed by atoms with E-state index in [9.17, 15) is 13.2 Å². The molecule has 2 aromatic heterocycles. The molecule has 0 aliphatic carbocycles. The molecule has 0 radical (unpaired) electrons. The van der Waals surface area contributed by atoms with Crippen molar-refractivity contribution in [2.45, 2.75) is 16.4 Å². The monoisotopic (exact) mass is 291 g/mol. The summed E-state index contributed by atoms with van der Waals surface area (Å²) in [5.41, 5.74) is 0. The number of hydrogen-bond donors (Lipinski definition) is 1. The molecule has 0 spiro atoms. The maximum atomic E-state index is 12.6. The number of aryl methyl sites for hydroxylation is 1. The van der Waals surface area contributed by atoms with Gasteiger partial charge in [-0.1, -0.05) is 0 Å². The smallest absolute Gasteiger partial charge is 0.373 e. The van der Waals surface area contributed by atoms with E-state index in [2.05, 4.69) is 30.8 Å². The standard InChI is InChI=1S/C8H8F3N7S/c1-12-4-3-5(14-6(13-4)8(9,10)11)19-7-15-16-17-18(7)2/h3H,1-2H3,(H,12,13,14). The quantitative estimate of drug-likeness (QED) is 0.851. The van der Waals surface area contributed by atoms with Crippen LogP contribution in [0.25, 0.3) is 0 Å². The van der Waals surface area contributed by atoms with Gasteiger partial charge in [0.2, 0.25) is 11.0 Å². The third-order valence-corrected chi connectivity index (χ3v) is 2.94. The van der Waals surface area contributed by atoms with Gasteiger partial charge in [-0.05, 0) is 22.2 Å². The van der Waals surface area contributed by atoms with Gasteiger partial charge >= 0.3 is 6.18 Å². The van der Waals surface area contributed by atoms with Gasteiger partial charge in [0.15, 0.2) is 0 Å². The molecule has 0 unspecified atom stereocenters. The van der Waals surface area contributed by atoms with Gasteiger partial charge in [0.25, 0.3) is 0 Å². The normalized spacial score (nSPS) is 11.6. The second kappa shape index (κ2) is 4.99. The molecule has 2 heterocycles. The third kappa shape index (κ3) is 3.10. The van der Waals surface area contributed by atoms with Crippen LogP contribution in [0.1, 0.15) is 5.82 Å². The van der Waals surface area contributed by atoms with Crippen molar-refractivity contribution in [3.8, 4) is 0 Å². The van der Waals surface area contributed by atoms with E-state index in [0.717, 1.165) is 11.8 Å². The summed E-state index contributed by atoms with van der Waals surface area (Å²) in [5, 5.41) is 13.6. The van der Waals surface area contributed by atoms with Crippen LogP contribution in [-0.2, 0) is 13.2 Å². The fourth-order valence-corrected chi connectivity index (χ4v) is 1.87. The molecule has 2 aromatic rings. The number of nitrogens with zero attached hydrogens (tertiary/aromatic N) is 6. The summed E-state index contributed by atoms with van der Waals surface area (Å²) >= 11 is 0.916. The molecule has 102 valence electrons. The second-order valence-electron chi connectivity index (χ2n) is 3.35. The first-order valence-corrected chi connectivity index (χ1v) is 5.76. The minimum Gasteiger partial charge on any atom is -0.373 e. The molecular formula is C8H8F3N7S. The Hall–Kier alpha value is -1.91. The maximum absolute atomic E-state index is 12.6. The first-order chi connectivity index (χ1) is 8.90. The Labute approximate surface area is 109 Å². The lowest BCUT2D eigenvalue weighted by molar-refractivity contribution is -0.145. The number of tetrazole rings is 1. The largest absolute Gasteiger partial charge is 0.451 e. The maximum Gasteiger partial charge on any atom is 0.451 e. The van der Waals surface area contributed by atoms with Crippen LogP contribution in [-0.4, -0.2) is 37.2 Å². The molecule has 0 saturated heterocycles. The zero-order valence-electron chi connectivity index (χ0n) is 9.80. The van der Waals surface area contributed by atoms with Crippen molar-refractivity contribution in [3.63, 3.8) is 0 Å². The van der Waals surface area contributed by atoms with Crippen molar-refractivity contribution >= 4 is 17.6 Å². The van der Waals surface area contributed by atoms with E-state index in [0.29, 0.717) is 5.16 Å². The van der Waals surface area contributed by atoms with Gasteiger partial charge in [-0.3, -0.25) is 0 Å². The lowest BCUT2D eigenvalue weighted by Gasteiger charge is -2.09.